The van der Waals surface area contributed by atoms with E-state index >= 15 is 0 Å². The van der Waals surface area contributed by atoms with Crippen LogP contribution in [0.2, 0.25) is 0 Å². The SMILES string of the molecule is CCOC(=O)c1cc(C)c(C=O)cc1N. The van der Waals surface area contributed by atoms with Gasteiger partial charge in [0.2, 0.25) is 0 Å². The van der Waals surface area contributed by atoms with Gasteiger partial charge in [-0.2, -0.15) is 0 Å². The van der Waals surface area contributed by atoms with Gasteiger partial charge in [0.05, 0.1) is 12.2 Å². The first kappa shape index (κ1) is 11.2. The third-order valence-electron chi connectivity index (χ3n) is 2.06. The van der Waals surface area contributed by atoms with E-state index in [1.165, 1.54) is 6.07 Å². The number of aryl methyl sites for hydroxylation is 1. The molecule has 1 rings (SSSR count). The maximum atomic E-state index is 11.4. The lowest BCUT2D eigenvalue weighted by Crippen LogP contribution is -2.09. The van der Waals surface area contributed by atoms with Gasteiger partial charge in [0.1, 0.15) is 6.29 Å². The van der Waals surface area contributed by atoms with Gasteiger partial charge < -0.3 is 10.5 Å². The zero-order valence-electron chi connectivity index (χ0n) is 8.74. The summed E-state index contributed by atoms with van der Waals surface area (Å²) in [6.45, 7) is 3.76. The van der Waals surface area contributed by atoms with E-state index in [0.717, 1.165) is 0 Å². The van der Waals surface area contributed by atoms with Crippen LogP contribution in [0.1, 0.15) is 33.2 Å². The Hall–Kier alpha value is -1.84. The molecule has 15 heavy (non-hydrogen) atoms. The maximum absolute atomic E-state index is 11.4. The van der Waals surface area contributed by atoms with Crippen molar-refractivity contribution < 1.29 is 14.3 Å². The molecule has 0 fully saturated rings. The van der Waals surface area contributed by atoms with E-state index in [0.29, 0.717) is 29.6 Å². The fourth-order valence-electron chi connectivity index (χ4n) is 1.25. The lowest BCUT2D eigenvalue weighted by Gasteiger charge is -2.07. The number of esters is 1. The molecule has 0 spiro atoms. The number of rotatable bonds is 3. The molecule has 4 nitrogen and oxygen atoms in total. The van der Waals surface area contributed by atoms with Crippen LogP contribution in [0, 0.1) is 6.92 Å². The number of hydrogen-bond acceptors (Lipinski definition) is 4. The normalized spacial score (nSPS) is 9.73. The third-order valence-corrected chi connectivity index (χ3v) is 2.06. The van der Waals surface area contributed by atoms with E-state index in [1.807, 2.05) is 0 Å². The van der Waals surface area contributed by atoms with E-state index in [2.05, 4.69) is 0 Å². The summed E-state index contributed by atoms with van der Waals surface area (Å²) in [7, 11) is 0. The lowest BCUT2D eigenvalue weighted by atomic mass is 10.0. The van der Waals surface area contributed by atoms with Gasteiger partial charge in [0.15, 0.2) is 0 Å². The molecule has 1 aromatic rings. The molecule has 0 saturated carbocycles. The summed E-state index contributed by atoms with van der Waals surface area (Å²) in [4.78, 5) is 22.0. The van der Waals surface area contributed by atoms with Crippen molar-refractivity contribution in [3.05, 3.63) is 28.8 Å². The fourth-order valence-corrected chi connectivity index (χ4v) is 1.25. The van der Waals surface area contributed by atoms with Gasteiger partial charge in [-0.1, -0.05) is 0 Å². The monoisotopic (exact) mass is 207 g/mol. The van der Waals surface area contributed by atoms with Crippen molar-refractivity contribution in [2.24, 2.45) is 0 Å². The molecule has 0 aliphatic rings. The minimum Gasteiger partial charge on any atom is -0.462 e. The first-order chi connectivity index (χ1) is 7.10. The van der Waals surface area contributed by atoms with Crippen LogP contribution in [-0.4, -0.2) is 18.9 Å². The second-order valence-corrected chi connectivity index (χ2v) is 3.13. The summed E-state index contributed by atoms with van der Waals surface area (Å²) in [5, 5.41) is 0. The Balaban J connectivity index is 3.15. The predicted molar refractivity (Wildman–Crippen MR) is 56.9 cm³/mol. The highest BCUT2D eigenvalue weighted by molar-refractivity contribution is 5.97. The van der Waals surface area contributed by atoms with Crippen molar-refractivity contribution in [2.75, 3.05) is 12.3 Å². The van der Waals surface area contributed by atoms with Crippen LogP contribution in [0.4, 0.5) is 5.69 Å². The minimum atomic E-state index is -0.462. The molecule has 4 heteroatoms. The molecule has 0 aromatic heterocycles. The summed E-state index contributed by atoms with van der Waals surface area (Å²) >= 11 is 0. The number of hydrogen-bond donors (Lipinski definition) is 1. The van der Waals surface area contributed by atoms with Crippen LogP contribution in [0.3, 0.4) is 0 Å². The Labute approximate surface area is 88.0 Å². The van der Waals surface area contributed by atoms with Crippen molar-refractivity contribution in [2.45, 2.75) is 13.8 Å². The van der Waals surface area contributed by atoms with Crippen LogP contribution >= 0.6 is 0 Å². The highest BCUT2D eigenvalue weighted by atomic mass is 16.5. The van der Waals surface area contributed by atoms with Crippen molar-refractivity contribution in [3.8, 4) is 0 Å². The van der Waals surface area contributed by atoms with E-state index in [9.17, 15) is 9.59 Å². The molecule has 0 heterocycles. The molecule has 0 saturated heterocycles. The number of nitrogens with two attached hydrogens (primary N) is 1. The molecule has 0 aliphatic carbocycles. The molecular weight excluding hydrogens is 194 g/mol. The van der Waals surface area contributed by atoms with Crippen LogP contribution < -0.4 is 5.73 Å². The van der Waals surface area contributed by atoms with Gasteiger partial charge >= 0.3 is 5.97 Å². The molecule has 0 bridgehead atoms. The van der Waals surface area contributed by atoms with E-state index in [4.69, 9.17) is 10.5 Å². The number of benzene rings is 1. The minimum absolute atomic E-state index is 0.265. The molecule has 0 atom stereocenters. The molecule has 1 aromatic carbocycles. The molecular formula is C11H13NO3. The van der Waals surface area contributed by atoms with Gasteiger partial charge in [-0.25, -0.2) is 4.79 Å². The van der Waals surface area contributed by atoms with Gasteiger partial charge in [0.25, 0.3) is 0 Å². The molecule has 0 amide bonds. The zero-order chi connectivity index (χ0) is 11.4. The van der Waals surface area contributed by atoms with Crippen LogP contribution in [-0.2, 0) is 4.74 Å². The Bertz CT molecular complexity index is 399. The molecule has 0 aliphatic heterocycles. The van der Waals surface area contributed by atoms with Crippen molar-refractivity contribution in [1.82, 2.24) is 0 Å². The summed E-state index contributed by atoms with van der Waals surface area (Å²) in [5.41, 5.74) is 7.40. The Morgan fingerprint density at radius 1 is 1.53 bits per heavy atom. The number of aldehydes is 1. The predicted octanol–water partition coefficient (Wildman–Crippen LogP) is 1.57. The van der Waals surface area contributed by atoms with Gasteiger partial charge in [-0.05, 0) is 31.5 Å². The highest BCUT2D eigenvalue weighted by Gasteiger charge is 2.12. The van der Waals surface area contributed by atoms with Crippen molar-refractivity contribution in [1.29, 1.82) is 0 Å². The first-order valence-electron chi connectivity index (χ1n) is 4.62. The largest absolute Gasteiger partial charge is 0.462 e. The Morgan fingerprint density at radius 2 is 2.20 bits per heavy atom. The van der Waals surface area contributed by atoms with Crippen LogP contribution in [0.25, 0.3) is 0 Å². The summed E-state index contributed by atoms with van der Waals surface area (Å²) in [5.74, 6) is -0.462. The summed E-state index contributed by atoms with van der Waals surface area (Å²) in [6, 6.07) is 3.05. The maximum Gasteiger partial charge on any atom is 0.340 e. The third kappa shape index (κ3) is 2.34. The Kier molecular flexibility index (Phi) is 3.44. The van der Waals surface area contributed by atoms with Gasteiger partial charge in [0, 0.05) is 11.3 Å². The molecule has 0 radical (unpaired) electrons. The number of nitrogen functional groups attached to an aromatic ring is 1. The topological polar surface area (TPSA) is 69.4 Å². The quantitative estimate of drug-likeness (QED) is 0.464. The lowest BCUT2D eigenvalue weighted by molar-refractivity contribution is 0.0527. The van der Waals surface area contributed by atoms with Crippen LogP contribution in [0.15, 0.2) is 12.1 Å². The summed E-state index contributed by atoms with van der Waals surface area (Å²) in [6.07, 6.45) is 0.709. The average molecular weight is 207 g/mol. The standard InChI is InChI=1S/C11H13NO3/c1-3-15-11(14)9-4-7(2)8(6-13)5-10(9)12/h4-6H,3,12H2,1-2H3. The summed E-state index contributed by atoms with van der Waals surface area (Å²) < 4.78 is 4.83. The smallest absolute Gasteiger partial charge is 0.340 e. The van der Waals surface area contributed by atoms with E-state index < -0.39 is 5.97 Å². The second kappa shape index (κ2) is 4.59. The number of carbonyl (C=O) groups excluding carboxylic acids is 2. The number of ether oxygens (including phenoxy) is 1. The van der Waals surface area contributed by atoms with E-state index in [-0.39, 0.29) is 5.69 Å². The molecule has 80 valence electrons. The van der Waals surface area contributed by atoms with Gasteiger partial charge in [-0.15, -0.1) is 0 Å². The van der Waals surface area contributed by atoms with Crippen molar-refractivity contribution in [3.63, 3.8) is 0 Å². The first-order valence-corrected chi connectivity index (χ1v) is 4.62. The molecule has 0 unspecified atom stereocenters. The van der Waals surface area contributed by atoms with Crippen LogP contribution in [0.5, 0.6) is 0 Å². The van der Waals surface area contributed by atoms with E-state index in [1.54, 1.807) is 19.9 Å². The van der Waals surface area contributed by atoms with Gasteiger partial charge in [-0.3, -0.25) is 4.79 Å². The number of carbonyl (C=O) groups is 2. The van der Waals surface area contributed by atoms with Crippen molar-refractivity contribution >= 4 is 17.9 Å². The zero-order valence-corrected chi connectivity index (χ0v) is 8.74. The second-order valence-electron chi connectivity index (χ2n) is 3.13. The fraction of sp³-hybridized carbons (Fsp3) is 0.273. The highest BCUT2D eigenvalue weighted by Crippen LogP contribution is 2.18. The molecule has 2 N–H and O–H groups in total. The average Bonchev–Trinajstić information content (AvgIpc) is 2.21. The Morgan fingerprint density at radius 3 is 2.73 bits per heavy atom. The number of anilines is 1.